The molecule has 0 saturated heterocycles. The minimum Gasteiger partial charge on any atom is -0.312 e. The average molecular weight is 250 g/mol. The lowest BCUT2D eigenvalue weighted by atomic mass is 10.0. The van der Waals surface area contributed by atoms with Crippen LogP contribution in [-0.4, -0.2) is 12.8 Å². The number of hydrogen-bond donors (Lipinski definition) is 1. The van der Waals surface area contributed by atoms with Gasteiger partial charge in [0.15, 0.2) is 0 Å². The first-order valence-corrected chi connectivity index (χ1v) is 5.98. The molecular weight excluding hydrogens is 237 g/mol. The molecule has 1 nitrogen and oxygen atoms in total. The van der Waals surface area contributed by atoms with E-state index in [4.69, 9.17) is 11.6 Å². The maximum absolute atomic E-state index is 6.11. The molecule has 0 aliphatic carbocycles. The lowest BCUT2D eigenvalue weighted by Crippen LogP contribution is -2.24. The summed E-state index contributed by atoms with van der Waals surface area (Å²) in [4.78, 5) is 1.24. The van der Waals surface area contributed by atoms with Crippen LogP contribution >= 0.6 is 35.8 Å². The van der Waals surface area contributed by atoms with Gasteiger partial charge in [-0.2, -0.15) is 0 Å². The Labute approximate surface area is 100 Å². The number of hydrogen-bond acceptors (Lipinski definition) is 2. The van der Waals surface area contributed by atoms with Crippen molar-refractivity contribution in [1.82, 2.24) is 5.32 Å². The van der Waals surface area contributed by atoms with Crippen LogP contribution in [0.4, 0.5) is 0 Å². The lowest BCUT2D eigenvalue weighted by molar-refractivity contribution is 0.634. The van der Waals surface area contributed by atoms with E-state index in [0.29, 0.717) is 0 Å². The first-order valence-electron chi connectivity index (χ1n) is 4.38. The Morgan fingerprint density at radius 3 is 2.93 bits per heavy atom. The van der Waals surface area contributed by atoms with E-state index in [9.17, 15) is 0 Å². The second-order valence-corrected chi connectivity index (χ2v) is 4.37. The molecule has 1 heterocycles. The fraction of sp³-hybridized carbons (Fsp3) is 0.400. The number of rotatable bonds is 1. The Bertz CT molecular complexity index is 328. The zero-order valence-electron chi connectivity index (χ0n) is 7.97. The van der Waals surface area contributed by atoms with Gasteiger partial charge >= 0.3 is 0 Å². The molecule has 1 aliphatic heterocycles. The van der Waals surface area contributed by atoms with E-state index in [0.717, 1.165) is 24.5 Å². The Hall–Kier alpha value is 0.110. The molecule has 0 atom stereocenters. The molecule has 1 aromatic carbocycles. The van der Waals surface area contributed by atoms with Gasteiger partial charge in [-0.1, -0.05) is 17.7 Å². The predicted molar refractivity (Wildman–Crippen MR) is 65.9 cm³/mol. The van der Waals surface area contributed by atoms with Gasteiger partial charge in [-0.15, -0.1) is 24.2 Å². The summed E-state index contributed by atoms with van der Waals surface area (Å²) in [5, 5.41) is 4.26. The van der Waals surface area contributed by atoms with E-state index in [-0.39, 0.29) is 12.4 Å². The van der Waals surface area contributed by atoms with Crippen molar-refractivity contribution in [1.29, 1.82) is 0 Å². The van der Waals surface area contributed by atoms with Crippen LogP contribution in [-0.2, 0) is 13.0 Å². The average Bonchev–Trinajstić information content (AvgIpc) is 2.18. The van der Waals surface area contributed by atoms with Crippen molar-refractivity contribution in [2.24, 2.45) is 0 Å². The maximum atomic E-state index is 6.11. The summed E-state index contributed by atoms with van der Waals surface area (Å²) in [5.41, 5.74) is 2.85. The Morgan fingerprint density at radius 2 is 2.21 bits per heavy atom. The summed E-state index contributed by atoms with van der Waals surface area (Å²) < 4.78 is 0. The third-order valence-corrected chi connectivity index (χ3v) is 3.69. The molecule has 0 saturated carbocycles. The molecule has 14 heavy (non-hydrogen) atoms. The van der Waals surface area contributed by atoms with Gasteiger partial charge in [-0.3, -0.25) is 0 Å². The number of benzene rings is 1. The van der Waals surface area contributed by atoms with Crippen molar-refractivity contribution in [2.75, 3.05) is 12.8 Å². The highest BCUT2D eigenvalue weighted by atomic mass is 35.5. The fourth-order valence-corrected chi connectivity index (χ4v) is 2.85. The van der Waals surface area contributed by atoms with Crippen LogP contribution in [0.1, 0.15) is 11.1 Å². The van der Waals surface area contributed by atoms with Crippen molar-refractivity contribution in [3.63, 3.8) is 0 Å². The van der Waals surface area contributed by atoms with Crippen molar-refractivity contribution in [3.05, 3.63) is 28.3 Å². The molecule has 1 aromatic rings. The van der Waals surface area contributed by atoms with Crippen LogP contribution in [0.25, 0.3) is 0 Å². The predicted octanol–water partition coefficient (Wildman–Crippen LogP) is 3.13. The molecule has 4 heteroatoms. The van der Waals surface area contributed by atoms with Gasteiger partial charge < -0.3 is 5.32 Å². The number of halogens is 2. The van der Waals surface area contributed by atoms with E-state index in [2.05, 4.69) is 17.6 Å². The molecule has 2 rings (SSSR count). The SMILES string of the molecule is CSc1c(Cl)ccc2c1CNCC2.Cl. The molecule has 1 aliphatic rings. The minimum absolute atomic E-state index is 0. The third kappa shape index (κ3) is 2.19. The first kappa shape index (κ1) is 12.2. The smallest absolute Gasteiger partial charge is 0.0545 e. The van der Waals surface area contributed by atoms with Gasteiger partial charge in [-0.25, -0.2) is 0 Å². The van der Waals surface area contributed by atoms with Crippen LogP contribution in [0, 0.1) is 0 Å². The summed E-state index contributed by atoms with van der Waals surface area (Å²) in [6.45, 7) is 2.05. The molecule has 1 N–H and O–H groups in total. The lowest BCUT2D eigenvalue weighted by Gasteiger charge is -2.20. The maximum Gasteiger partial charge on any atom is 0.0545 e. The standard InChI is InChI=1S/C10H12ClNS.ClH/c1-13-10-8-6-12-5-4-7(8)2-3-9(10)11;/h2-3,12H,4-6H2,1H3;1H. The number of nitrogens with one attached hydrogen (secondary N) is 1. The van der Waals surface area contributed by atoms with Gasteiger partial charge in [0.25, 0.3) is 0 Å². The quantitative estimate of drug-likeness (QED) is 0.768. The normalized spacial score (nSPS) is 14.4. The topological polar surface area (TPSA) is 12.0 Å². The Kier molecular flexibility index (Phi) is 4.58. The van der Waals surface area contributed by atoms with Gasteiger partial charge in [-0.05, 0) is 36.4 Å². The molecule has 0 bridgehead atoms. The van der Waals surface area contributed by atoms with E-state index < -0.39 is 0 Å². The van der Waals surface area contributed by atoms with Crippen molar-refractivity contribution >= 4 is 35.8 Å². The van der Waals surface area contributed by atoms with Crippen LogP contribution < -0.4 is 5.32 Å². The van der Waals surface area contributed by atoms with E-state index in [1.165, 1.54) is 16.0 Å². The highest BCUT2D eigenvalue weighted by Crippen LogP contribution is 2.32. The van der Waals surface area contributed by atoms with Crippen molar-refractivity contribution in [2.45, 2.75) is 17.9 Å². The summed E-state index contributed by atoms with van der Waals surface area (Å²) in [5.74, 6) is 0. The fourth-order valence-electron chi connectivity index (χ4n) is 1.73. The van der Waals surface area contributed by atoms with Gasteiger partial charge in [0.05, 0.1) is 5.02 Å². The van der Waals surface area contributed by atoms with Crippen LogP contribution in [0.5, 0.6) is 0 Å². The molecule has 0 amide bonds. The number of thioether (sulfide) groups is 1. The first-order chi connectivity index (χ1) is 6.33. The number of fused-ring (bicyclic) bond motifs is 1. The van der Waals surface area contributed by atoms with Crippen LogP contribution in [0.3, 0.4) is 0 Å². The highest BCUT2D eigenvalue weighted by Gasteiger charge is 2.14. The summed E-state index contributed by atoms with van der Waals surface area (Å²) in [6, 6.07) is 4.16. The monoisotopic (exact) mass is 249 g/mol. The Morgan fingerprint density at radius 1 is 1.43 bits per heavy atom. The second kappa shape index (κ2) is 5.26. The van der Waals surface area contributed by atoms with E-state index in [1.54, 1.807) is 11.8 Å². The molecule has 0 unspecified atom stereocenters. The zero-order chi connectivity index (χ0) is 9.26. The zero-order valence-corrected chi connectivity index (χ0v) is 10.4. The second-order valence-electron chi connectivity index (χ2n) is 3.15. The van der Waals surface area contributed by atoms with Crippen LogP contribution in [0.15, 0.2) is 17.0 Å². The van der Waals surface area contributed by atoms with E-state index in [1.807, 2.05) is 6.07 Å². The van der Waals surface area contributed by atoms with Gasteiger partial charge in [0.2, 0.25) is 0 Å². The molecule has 0 fully saturated rings. The molecule has 0 aromatic heterocycles. The van der Waals surface area contributed by atoms with Crippen molar-refractivity contribution < 1.29 is 0 Å². The largest absolute Gasteiger partial charge is 0.312 e. The van der Waals surface area contributed by atoms with Crippen molar-refractivity contribution in [3.8, 4) is 0 Å². The van der Waals surface area contributed by atoms with Gasteiger partial charge in [0, 0.05) is 11.4 Å². The third-order valence-electron chi connectivity index (χ3n) is 2.39. The van der Waals surface area contributed by atoms with Gasteiger partial charge in [0.1, 0.15) is 0 Å². The Balaban J connectivity index is 0.000000980. The summed E-state index contributed by atoms with van der Waals surface area (Å²) in [6.07, 6.45) is 3.20. The summed E-state index contributed by atoms with van der Waals surface area (Å²) >= 11 is 7.85. The van der Waals surface area contributed by atoms with E-state index >= 15 is 0 Å². The molecule has 0 spiro atoms. The molecule has 78 valence electrons. The minimum atomic E-state index is 0. The molecular formula is C10H13Cl2NS. The van der Waals surface area contributed by atoms with Crippen LogP contribution in [0.2, 0.25) is 5.02 Å². The highest BCUT2D eigenvalue weighted by molar-refractivity contribution is 7.98. The summed E-state index contributed by atoms with van der Waals surface area (Å²) in [7, 11) is 0. The molecule has 0 radical (unpaired) electrons.